The van der Waals surface area contributed by atoms with Gasteiger partial charge in [0.15, 0.2) is 5.65 Å². The van der Waals surface area contributed by atoms with Crippen molar-refractivity contribution in [3.05, 3.63) is 47.7 Å². The summed E-state index contributed by atoms with van der Waals surface area (Å²) >= 11 is 0. The second-order valence-corrected chi connectivity index (χ2v) is 4.65. The third kappa shape index (κ3) is 2.41. The van der Waals surface area contributed by atoms with Crippen molar-refractivity contribution in [1.82, 2.24) is 15.0 Å². The summed E-state index contributed by atoms with van der Waals surface area (Å²) in [5.41, 5.74) is 6.55. The van der Waals surface area contributed by atoms with E-state index in [1.165, 1.54) is 24.4 Å². The summed E-state index contributed by atoms with van der Waals surface area (Å²) in [6.45, 7) is 0.0418. The standard InChI is InChI=1S/C14H10F4N4/c15-10-5-7(1-2-8(10)6-19)9-3-4-20-12-11(9)21-13(22-12)14(16,17)18/h1-5H,6,19H2,(H,20,21,22). The Morgan fingerprint density at radius 3 is 2.59 bits per heavy atom. The van der Waals surface area contributed by atoms with Gasteiger partial charge in [0.25, 0.3) is 0 Å². The minimum absolute atomic E-state index is 0.0418. The van der Waals surface area contributed by atoms with Gasteiger partial charge in [0.05, 0.1) is 5.52 Å². The summed E-state index contributed by atoms with van der Waals surface area (Å²) in [5, 5.41) is 0. The highest BCUT2D eigenvalue weighted by molar-refractivity contribution is 5.89. The largest absolute Gasteiger partial charge is 0.449 e. The molecule has 0 bridgehead atoms. The van der Waals surface area contributed by atoms with Crippen LogP contribution in [0.4, 0.5) is 17.6 Å². The smallest absolute Gasteiger partial charge is 0.332 e. The first-order valence-corrected chi connectivity index (χ1v) is 6.31. The second-order valence-electron chi connectivity index (χ2n) is 4.65. The van der Waals surface area contributed by atoms with Gasteiger partial charge in [-0.25, -0.2) is 14.4 Å². The van der Waals surface area contributed by atoms with Crippen molar-refractivity contribution in [2.24, 2.45) is 5.73 Å². The number of fused-ring (bicyclic) bond motifs is 1. The first kappa shape index (κ1) is 14.5. The van der Waals surface area contributed by atoms with Crippen LogP contribution in [0.1, 0.15) is 11.4 Å². The molecule has 8 heteroatoms. The predicted molar refractivity (Wildman–Crippen MR) is 72.2 cm³/mol. The van der Waals surface area contributed by atoms with Crippen molar-refractivity contribution in [1.29, 1.82) is 0 Å². The van der Waals surface area contributed by atoms with Gasteiger partial charge in [-0.3, -0.25) is 0 Å². The molecule has 3 aromatic rings. The number of nitrogens with two attached hydrogens (primary N) is 1. The SMILES string of the molecule is NCc1ccc(-c2ccnc3nc(C(F)(F)F)[nH]c23)cc1F. The number of halogens is 4. The molecular formula is C14H10F4N4. The van der Waals surface area contributed by atoms with E-state index in [4.69, 9.17) is 5.73 Å². The van der Waals surface area contributed by atoms with Gasteiger partial charge in [0, 0.05) is 23.9 Å². The van der Waals surface area contributed by atoms with Gasteiger partial charge in [-0.2, -0.15) is 13.2 Å². The highest BCUT2D eigenvalue weighted by Crippen LogP contribution is 2.32. The van der Waals surface area contributed by atoms with Gasteiger partial charge in [0.2, 0.25) is 5.82 Å². The molecule has 22 heavy (non-hydrogen) atoms. The Kier molecular flexibility index (Phi) is 3.32. The van der Waals surface area contributed by atoms with Gasteiger partial charge in [-0.05, 0) is 17.7 Å². The van der Waals surface area contributed by atoms with Crippen molar-refractivity contribution >= 4 is 11.2 Å². The van der Waals surface area contributed by atoms with Gasteiger partial charge < -0.3 is 10.7 Å². The Hall–Kier alpha value is -2.48. The summed E-state index contributed by atoms with van der Waals surface area (Å²) in [4.78, 5) is 9.43. The fourth-order valence-electron chi connectivity index (χ4n) is 2.17. The third-order valence-electron chi connectivity index (χ3n) is 3.24. The monoisotopic (exact) mass is 310 g/mol. The molecule has 0 amide bonds. The number of alkyl halides is 3. The molecular weight excluding hydrogens is 300 g/mol. The van der Waals surface area contributed by atoms with E-state index in [2.05, 4.69) is 15.0 Å². The van der Waals surface area contributed by atoms with Crippen LogP contribution < -0.4 is 5.73 Å². The zero-order valence-electron chi connectivity index (χ0n) is 11.1. The van der Waals surface area contributed by atoms with Crippen molar-refractivity contribution in [3.63, 3.8) is 0 Å². The average Bonchev–Trinajstić information content (AvgIpc) is 2.91. The van der Waals surface area contributed by atoms with Crippen molar-refractivity contribution in [3.8, 4) is 11.1 Å². The molecule has 0 spiro atoms. The number of rotatable bonds is 2. The lowest BCUT2D eigenvalue weighted by Gasteiger charge is -2.05. The van der Waals surface area contributed by atoms with E-state index in [0.717, 1.165) is 0 Å². The van der Waals surface area contributed by atoms with Crippen LogP contribution >= 0.6 is 0 Å². The number of H-pyrrole nitrogens is 1. The van der Waals surface area contributed by atoms with Crippen LogP contribution in [-0.4, -0.2) is 15.0 Å². The predicted octanol–water partition coefficient (Wildman–Crippen LogP) is 3.24. The van der Waals surface area contributed by atoms with Crippen LogP contribution in [0.25, 0.3) is 22.3 Å². The number of nitrogens with one attached hydrogen (secondary N) is 1. The van der Waals surface area contributed by atoms with Crippen LogP contribution in [0.2, 0.25) is 0 Å². The summed E-state index contributed by atoms with van der Waals surface area (Å²) in [7, 11) is 0. The fraction of sp³-hybridized carbons (Fsp3) is 0.143. The average molecular weight is 310 g/mol. The molecule has 2 heterocycles. The Morgan fingerprint density at radius 2 is 1.95 bits per heavy atom. The summed E-state index contributed by atoms with van der Waals surface area (Å²) in [6.07, 6.45) is -3.28. The first-order valence-electron chi connectivity index (χ1n) is 6.31. The van der Waals surface area contributed by atoms with Crippen LogP contribution in [0.15, 0.2) is 30.5 Å². The molecule has 0 saturated carbocycles. The first-order chi connectivity index (χ1) is 10.4. The van der Waals surface area contributed by atoms with Crippen molar-refractivity contribution in [2.75, 3.05) is 0 Å². The summed E-state index contributed by atoms with van der Waals surface area (Å²) in [5.74, 6) is -1.65. The quantitative estimate of drug-likeness (QED) is 0.714. The van der Waals surface area contributed by atoms with E-state index >= 15 is 0 Å². The number of nitrogens with zero attached hydrogens (tertiary/aromatic N) is 2. The van der Waals surface area contributed by atoms with Crippen LogP contribution in [-0.2, 0) is 12.7 Å². The molecule has 0 fully saturated rings. The second kappa shape index (κ2) is 5.06. The Labute approximate surface area is 122 Å². The fourth-order valence-corrected chi connectivity index (χ4v) is 2.17. The minimum atomic E-state index is -4.60. The number of pyridine rings is 1. The number of hydrogen-bond acceptors (Lipinski definition) is 3. The van der Waals surface area contributed by atoms with Crippen LogP contribution in [0.5, 0.6) is 0 Å². The molecule has 0 atom stereocenters. The normalized spacial score (nSPS) is 12.0. The molecule has 3 rings (SSSR count). The van der Waals surface area contributed by atoms with Gasteiger partial charge in [0.1, 0.15) is 5.82 Å². The Bertz CT molecular complexity index is 838. The number of aromatic amines is 1. The molecule has 2 aromatic heterocycles. The topological polar surface area (TPSA) is 67.6 Å². The molecule has 0 saturated heterocycles. The molecule has 0 aliphatic heterocycles. The molecule has 0 radical (unpaired) electrons. The Balaban J connectivity index is 2.18. The maximum Gasteiger partial charge on any atom is 0.449 e. The lowest BCUT2D eigenvalue weighted by Crippen LogP contribution is -2.06. The van der Waals surface area contributed by atoms with E-state index in [9.17, 15) is 17.6 Å². The molecule has 0 unspecified atom stereocenters. The maximum atomic E-state index is 13.8. The van der Waals surface area contributed by atoms with Crippen molar-refractivity contribution in [2.45, 2.75) is 12.7 Å². The van der Waals surface area contributed by atoms with E-state index < -0.39 is 17.8 Å². The lowest BCUT2D eigenvalue weighted by molar-refractivity contribution is -0.144. The third-order valence-corrected chi connectivity index (χ3v) is 3.24. The van der Waals surface area contributed by atoms with E-state index in [1.807, 2.05) is 0 Å². The maximum absolute atomic E-state index is 13.8. The molecule has 0 aliphatic rings. The summed E-state index contributed by atoms with van der Waals surface area (Å²) < 4.78 is 52.0. The van der Waals surface area contributed by atoms with Crippen LogP contribution in [0, 0.1) is 5.82 Å². The minimum Gasteiger partial charge on any atom is -0.332 e. The highest BCUT2D eigenvalue weighted by atomic mass is 19.4. The molecule has 1 aromatic carbocycles. The zero-order valence-corrected chi connectivity index (χ0v) is 11.1. The van der Waals surface area contributed by atoms with Gasteiger partial charge in [-0.1, -0.05) is 12.1 Å². The number of aromatic nitrogens is 3. The molecule has 4 nitrogen and oxygen atoms in total. The van der Waals surface area contributed by atoms with E-state index in [1.54, 1.807) is 6.07 Å². The number of benzene rings is 1. The molecule has 114 valence electrons. The van der Waals surface area contributed by atoms with Crippen LogP contribution in [0.3, 0.4) is 0 Å². The zero-order chi connectivity index (χ0) is 15.9. The Morgan fingerprint density at radius 1 is 1.18 bits per heavy atom. The molecule has 0 aliphatic carbocycles. The number of imidazole rings is 1. The lowest BCUT2D eigenvalue weighted by atomic mass is 10.0. The van der Waals surface area contributed by atoms with Gasteiger partial charge in [-0.15, -0.1) is 0 Å². The number of hydrogen-bond donors (Lipinski definition) is 2. The van der Waals surface area contributed by atoms with E-state index in [-0.39, 0.29) is 17.7 Å². The van der Waals surface area contributed by atoms with Crippen molar-refractivity contribution < 1.29 is 17.6 Å². The highest BCUT2D eigenvalue weighted by Gasteiger charge is 2.35. The summed E-state index contributed by atoms with van der Waals surface area (Å²) in [6, 6.07) is 5.81. The van der Waals surface area contributed by atoms with Gasteiger partial charge >= 0.3 is 6.18 Å². The molecule has 3 N–H and O–H groups in total. The van der Waals surface area contributed by atoms with E-state index in [0.29, 0.717) is 16.7 Å².